The molecular formula is C19H22NO2+. The number of hydrogen-bond acceptors (Lipinski definition) is 2. The Hall–Kier alpha value is -1.71. The summed E-state index contributed by atoms with van der Waals surface area (Å²) < 4.78 is 14.5. The van der Waals surface area contributed by atoms with Crippen molar-refractivity contribution in [2.24, 2.45) is 5.41 Å². The van der Waals surface area contributed by atoms with Gasteiger partial charge in [-0.15, -0.1) is 0 Å². The number of hydrogen-bond donors (Lipinski definition) is 0. The summed E-state index contributed by atoms with van der Waals surface area (Å²) >= 11 is 0. The van der Waals surface area contributed by atoms with Crippen LogP contribution in [0.1, 0.15) is 42.6 Å². The molecule has 3 aliphatic rings. The molecule has 0 unspecified atom stereocenters. The van der Waals surface area contributed by atoms with Crippen LogP contribution in [0.2, 0.25) is 0 Å². The minimum absolute atomic E-state index is 0.0694. The summed E-state index contributed by atoms with van der Waals surface area (Å²) in [5.41, 5.74) is 3.77. The fraction of sp³-hybridized carbons (Fsp3) is 0.421. The summed E-state index contributed by atoms with van der Waals surface area (Å²) in [6, 6.07) is 15.3. The Morgan fingerprint density at radius 1 is 0.909 bits per heavy atom. The van der Waals surface area contributed by atoms with Gasteiger partial charge in [-0.2, -0.15) is 4.57 Å². The van der Waals surface area contributed by atoms with Crippen molar-refractivity contribution in [2.75, 3.05) is 14.2 Å². The second-order valence-electron chi connectivity index (χ2n) is 6.79. The Labute approximate surface area is 131 Å². The molecule has 0 radical (unpaired) electrons. The van der Waals surface area contributed by atoms with E-state index in [4.69, 9.17) is 9.47 Å². The molecule has 0 saturated carbocycles. The summed E-state index contributed by atoms with van der Waals surface area (Å²) in [5.74, 6) is -0.590. The van der Waals surface area contributed by atoms with Crippen LogP contribution in [-0.2, 0) is 9.47 Å². The van der Waals surface area contributed by atoms with Crippen LogP contribution in [0.15, 0.2) is 48.7 Å². The standard InChI is InChI=1S/C19H22NO2/c1-18(2)17-14-10-6-5-9-13(14)16(19(18,21-3)22-4)15-11-7-8-12-20(15)17/h5-12,16-17H,1-4H3/q+1/t16-,17-/m0/s1. The number of pyridine rings is 1. The maximum atomic E-state index is 6.06. The van der Waals surface area contributed by atoms with Gasteiger partial charge < -0.3 is 9.47 Å². The fourth-order valence-electron chi connectivity index (χ4n) is 4.82. The number of methoxy groups -OCH3 is 2. The molecule has 1 aliphatic carbocycles. The van der Waals surface area contributed by atoms with Gasteiger partial charge in [0.25, 0.3) is 0 Å². The van der Waals surface area contributed by atoms with Crippen LogP contribution in [0.3, 0.4) is 0 Å². The van der Waals surface area contributed by atoms with Gasteiger partial charge in [-0.05, 0) is 19.4 Å². The Kier molecular flexibility index (Phi) is 2.78. The van der Waals surface area contributed by atoms with Gasteiger partial charge in [0, 0.05) is 31.9 Å². The maximum Gasteiger partial charge on any atom is 0.196 e. The Bertz CT molecular complexity index is 686. The summed E-state index contributed by atoms with van der Waals surface area (Å²) in [4.78, 5) is 0. The number of rotatable bonds is 2. The van der Waals surface area contributed by atoms with Crippen molar-refractivity contribution in [3.8, 4) is 0 Å². The zero-order valence-corrected chi connectivity index (χ0v) is 13.5. The molecule has 2 aromatic rings. The van der Waals surface area contributed by atoms with E-state index in [0.717, 1.165) is 0 Å². The minimum Gasteiger partial charge on any atom is -0.351 e. The number of fused-ring (bicyclic) bond motifs is 1. The van der Waals surface area contributed by atoms with E-state index < -0.39 is 5.79 Å². The van der Waals surface area contributed by atoms with Gasteiger partial charge in [-0.1, -0.05) is 30.3 Å². The highest BCUT2D eigenvalue weighted by atomic mass is 16.7. The van der Waals surface area contributed by atoms with Crippen LogP contribution in [0.25, 0.3) is 0 Å². The third-order valence-corrected chi connectivity index (χ3v) is 5.67. The van der Waals surface area contributed by atoms with Crippen molar-refractivity contribution >= 4 is 0 Å². The third kappa shape index (κ3) is 1.37. The molecule has 0 N–H and O–H groups in total. The van der Waals surface area contributed by atoms with Gasteiger partial charge in [-0.25, -0.2) is 0 Å². The number of ether oxygens (including phenoxy) is 2. The Balaban J connectivity index is 2.12. The van der Waals surface area contributed by atoms with Crippen LogP contribution in [-0.4, -0.2) is 20.0 Å². The van der Waals surface area contributed by atoms with E-state index in [9.17, 15) is 0 Å². The fourth-order valence-corrected chi connectivity index (χ4v) is 4.82. The van der Waals surface area contributed by atoms with E-state index in [0.29, 0.717) is 0 Å². The van der Waals surface area contributed by atoms with E-state index >= 15 is 0 Å². The third-order valence-electron chi connectivity index (χ3n) is 5.67. The van der Waals surface area contributed by atoms with Gasteiger partial charge in [0.15, 0.2) is 23.7 Å². The molecule has 3 nitrogen and oxygen atoms in total. The second-order valence-corrected chi connectivity index (χ2v) is 6.79. The zero-order valence-electron chi connectivity index (χ0n) is 13.5. The first kappa shape index (κ1) is 13.9. The van der Waals surface area contributed by atoms with Crippen molar-refractivity contribution in [2.45, 2.75) is 31.6 Å². The zero-order chi connectivity index (χ0) is 15.5. The van der Waals surface area contributed by atoms with Crippen LogP contribution in [0.5, 0.6) is 0 Å². The van der Waals surface area contributed by atoms with E-state index in [-0.39, 0.29) is 17.4 Å². The number of nitrogens with zero attached hydrogens (tertiary/aromatic N) is 1. The molecule has 0 saturated heterocycles. The summed E-state index contributed by atoms with van der Waals surface area (Å²) in [5, 5.41) is 0. The summed E-state index contributed by atoms with van der Waals surface area (Å²) in [6.07, 6.45) is 2.18. The maximum absolute atomic E-state index is 6.06. The lowest BCUT2D eigenvalue weighted by molar-refractivity contribution is -0.755. The van der Waals surface area contributed by atoms with Crippen LogP contribution in [0, 0.1) is 5.41 Å². The van der Waals surface area contributed by atoms with Gasteiger partial charge in [0.1, 0.15) is 5.92 Å². The molecule has 0 amide bonds. The molecule has 2 bridgehead atoms. The highest BCUT2D eigenvalue weighted by molar-refractivity contribution is 5.45. The lowest BCUT2D eigenvalue weighted by Gasteiger charge is -2.56. The second kappa shape index (κ2) is 4.40. The average molecular weight is 296 g/mol. The van der Waals surface area contributed by atoms with E-state index in [1.165, 1.54) is 16.8 Å². The van der Waals surface area contributed by atoms with Crippen LogP contribution >= 0.6 is 0 Å². The molecule has 22 heavy (non-hydrogen) atoms. The molecule has 0 fully saturated rings. The lowest BCUT2D eigenvalue weighted by Crippen LogP contribution is -2.71. The highest BCUT2D eigenvalue weighted by Crippen LogP contribution is 2.61. The number of benzene rings is 1. The molecule has 1 aromatic carbocycles. The van der Waals surface area contributed by atoms with Gasteiger partial charge in [-0.3, -0.25) is 0 Å². The molecule has 2 atom stereocenters. The molecule has 0 spiro atoms. The molecule has 5 rings (SSSR count). The molecule has 3 heterocycles. The Morgan fingerprint density at radius 2 is 1.55 bits per heavy atom. The predicted molar refractivity (Wildman–Crippen MR) is 83.6 cm³/mol. The normalized spacial score (nSPS) is 26.4. The monoisotopic (exact) mass is 296 g/mol. The van der Waals surface area contributed by atoms with Crippen molar-refractivity contribution in [3.63, 3.8) is 0 Å². The SMILES string of the molecule is COC1(OC)[C@H]2c3ccccc3[C@H]([n+]3ccccc32)C1(C)C. The Morgan fingerprint density at radius 3 is 2.23 bits per heavy atom. The summed E-state index contributed by atoms with van der Waals surface area (Å²) in [6.45, 7) is 4.49. The first-order valence-corrected chi connectivity index (χ1v) is 7.77. The van der Waals surface area contributed by atoms with Crippen molar-refractivity contribution < 1.29 is 14.0 Å². The highest BCUT2D eigenvalue weighted by Gasteiger charge is 2.69. The molecule has 3 heteroatoms. The average Bonchev–Trinajstić information content (AvgIpc) is 2.54. The smallest absolute Gasteiger partial charge is 0.196 e. The first-order chi connectivity index (χ1) is 10.6. The van der Waals surface area contributed by atoms with Crippen LogP contribution < -0.4 is 4.57 Å². The van der Waals surface area contributed by atoms with Gasteiger partial charge >= 0.3 is 0 Å². The van der Waals surface area contributed by atoms with E-state index in [1.54, 1.807) is 14.2 Å². The van der Waals surface area contributed by atoms with Crippen molar-refractivity contribution in [1.82, 2.24) is 0 Å². The molecule has 114 valence electrons. The summed E-state index contributed by atoms with van der Waals surface area (Å²) in [7, 11) is 3.53. The first-order valence-electron chi connectivity index (χ1n) is 7.77. The van der Waals surface area contributed by atoms with E-state index in [2.05, 4.69) is 67.1 Å². The lowest BCUT2D eigenvalue weighted by atomic mass is 9.57. The van der Waals surface area contributed by atoms with Crippen molar-refractivity contribution in [1.29, 1.82) is 0 Å². The number of aromatic nitrogens is 1. The van der Waals surface area contributed by atoms with Crippen molar-refractivity contribution in [3.05, 3.63) is 65.5 Å². The predicted octanol–water partition coefficient (Wildman–Crippen LogP) is 3.04. The molecule has 1 aromatic heterocycles. The molecule has 2 aliphatic heterocycles. The minimum atomic E-state index is -0.659. The van der Waals surface area contributed by atoms with Crippen LogP contribution in [0.4, 0.5) is 0 Å². The van der Waals surface area contributed by atoms with Gasteiger partial charge in [0.05, 0.1) is 5.41 Å². The van der Waals surface area contributed by atoms with E-state index in [1.807, 2.05) is 0 Å². The molecular weight excluding hydrogens is 274 g/mol. The quantitative estimate of drug-likeness (QED) is 0.628. The largest absolute Gasteiger partial charge is 0.351 e. The topological polar surface area (TPSA) is 22.3 Å². The van der Waals surface area contributed by atoms with Gasteiger partial charge in [0.2, 0.25) is 0 Å².